The lowest BCUT2D eigenvalue weighted by atomic mass is 10.1. The van der Waals surface area contributed by atoms with Gasteiger partial charge in [0.15, 0.2) is 6.23 Å². The first kappa shape index (κ1) is 53.6. The van der Waals surface area contributed by atoms with E-state index in [2.05, 4.69) is 39.6 Å². The Morgan fingerprint density at radius 3 is 1.70 bits per heavy atom. The summed E-state index contributed by atoms with van der Waals surface area (Å²) < 4.78 is 72.7. The molecule has 0 spiro atoms. The molecule has 1 fully saturated rings. The lowest BCUT2D eigenvalue weighted by molar-refractivity contribution is -0.143. The number of aromatic amines is 2. The minimum Gasteiger partial charge on any atom is -0.468 e. The van der Waals surface area contributed by atoms with Crippen LogP contribution in [0, 0.1) is 27.7 Å². The van der Waals surface area contributed by atoms with Crippen molar-refractivity contribution in [3.05, 3.63) is 147 Å². The molecule has 69 heavy (non-hydrogen) atoms. The molecule has 25 nitrogen and oxygen atoms in total. The molecule has 9 atom stereocenters. The van der Waals surface area contributed by atoms with Crippen molar-refractivity contribution in [1.29, 1.82) is 0 Å². The Bertz CT molecular complexity index is 2880. The lowest BCUT2D eigenvalue weighted by Gasteiger charge is -2.24. The number of rotatable bonds is 19. The number of nitrogens with zero attached hydrogens (tertiary/aromatic N) is 5. The van der Waals surface area contributed by atoms with Crippen LogP contribution in [-0.2, 0) is 46.7 Å². The summed E-state index contributed by atoms with van der Waals surface area (Å²) in [5.74, 6) is -0.829. The van der Waals surface area contributed by atoms with Crippen LogP contribution in [0.25, 0.3) is 10.4 Å². The molecule has 0 saturated carbocycles. The molecule has 27 heteroatoms. The number of esters is 2. The van der Waals surface area contributed by atoms with E-state index >= 15 is 0 Å². The van der Waals surface area contributed by atoms with Crippen LogP contribution in [0.2, 0.25) is 0 Å². The monoisotopic (exact) mass is 1000 g/mol. The van der Waals surface area contributed by atoms with Crippen molar-refractivity contribution in [1.82, 2.24) is 29.3 Å². The molecule has 2 aromatic heterocycles. The first-order chi connectivity index (χ1) is 32.6. The van der Waals surface area contributed by atoms with E-state index in [1.54, 1.807) is 67.6 Å². The maximum absolute atomic E-state index is 13.6. The van der Waals surface area contributed by atoms with Crippen molar-refractivity contribution < 1.29 is 55.8 Å². The first-order valence-electron chi connectivity index (χ1n) is 21.1. The molecular formula is C42H53N9O16P2. The second kappa shape index (κ2) is 23.8. The Kier molecular flexibility index (Phi) is 18.4. The molecule has 4 N–H and O–H groups in total. The highest BCUT2D eigenvalue weighted by Gasteiger charge is 2.40. The predicted octanol–water partition coefficient (Wildman–Crippen LogP) is 4.44. The number of aryl methyl sites for hydroxylation is 4. The molecule has 1 saturated heterocycles. The van der Waals surface area contributed by atoms with Crippen molar-refractivity contribution in [3.8, 4) is 11.5 Å². The van der Waals surface area contributed by atoms with Gasteiger partial charge < -0.3 is 28.0 Å². The summed E-state index contributed by atoms with van der Waals surface area (Å²) in [6, 6.07) is 10.7. The number of hydrogen-bond donors (Lipinski definition) is 4. The third-order valence-corrected chi connectivity index (χ3v) is 13.5. The zero-order valence-electron chi connectivity index (χ0n) is 38.8. The number of aromatic nitrogens is 4. The number of carbonyl (C=O) groups excluding carboxylic acids is 2. The number of H-pyrrole nitrogens is 2. The Balaban J connectivity index is 0.000000258. The van der Waals surface area contributed by atoms with Gasteiger partial charge in [0.1, 0.15) is 35.9 Å². The van der Waals surface area contributed by atoms with Gasteiger partial charge in [-0.05, 0) is 77.4 Å². The molecular weight excluding hydrogens is 948 g/mol. The molecule has 4 heterocycles. The number of azide groups is 1. The van der Waals surface area contributed by atoms with Gasteiger partial charge in [0.2, 0.25) is 0 Å². The summed E-state index contributed by atoms with van der Waals surface area (Å²) in [7, 11) is -5.80. The smallest absolute Gasteiger partial charge is 0.459 e. The molecule has 0 radical (unpaired) electrons. The Hall–Kier alpha value is -6.39. The third kappa shape index (κ3) is 14.8. The van der Waals surface area contributed by atoms with E-state index in [0.717, 1.165) is 11.1 Å². The van der Waals surface area contributed by atoms with Gasteiger partial charge >= 0.3 is 38.8 Å². The second-order valence-electron chi connectivity index (χ2n) is 15.7. The number of ether oxygens (including phenoxy) is 4. The van der Waals surface area contributed by atoms with Crippen LogP contribution in [0.5, 0.6) is 11.5 Å². The van der Waals surface area contributed by atoms with Crippen LogP contribution in [0.3, 0.4) is 0 Å². The summed E-state index contributed by atoms with van der Waals surface area (Å²) in [6.07, 6.45) is 2.84. The fraction of sp³-hybridized carbons (Fsp3) is 0.429. The van der Waals surface area contributed by atoms with Gasteiger partial charge in [-0.25, -0.2) is 18.7 Å². The van der Waals surface area contributed by atoms with Crippen LogP contribution < -0.4 is 41.7 Å². The van der Waals surface area contributed by atoms with E-state index in [-0.39, 0.29) is 36.7 Å². The summed E-state index contributed by atoms with van der Waals surface area (Å²) in [6.45, 7) is 9.19. The largest absolute Gasteiger partial charge is 0.468 e. The second-order valence-corrected chi connectivity index (χ2v) is 19.1. The zero-order chi connectivity index (χ0) is 50.6. The molecule has 0 bridgehead atoms. The van der Waals surface area contributed by atoms with Gasteiger partial charge in [0.05, 0.1) is 39.6 Å². The van der Waals surface area contributed by atoms with Crippen LogP contribution >= 0.6 is 15.5 Å². The summed E-state index contributed by atoms with van der Waals surface area (Å²) in [5, 5.41) is 8.80. The number of methoxy groups -OCH3 is 2. The van der Waals surface area contributed by atoms with Crippen molar-refractivity contribution >= 4 is 27.4 Å². The topological polar surface area (TPSA) is 325 Å². The number of carbonyl (C=O) groups is 2. The molecule has 4 aromatic rings. The van der Waals surface area contributed by atoms with Crippen LogP contribution in [0.15, 0.2) is 97.4 Å². The summed E-state index contributed by atoms with van der Waals surface area (Å²) in [4.78, 5) is 78.6. The van der Waals surface area contributed by atoms with E-state index in [4.69, 9.17) is 33.1 Å². The van der Waals surface area contributed by atoms with Gasteiger partial charge in [0.25, 0.3) is 11.1 Å². The Morgan fingerprint density at radius 2 is 1.22 bits per heavy atom. The highest BCUT2D eigenvalue weighted by atomic mass is 31.2. The van der Waals surface area contributed by atoms with Crippen molar-refractivity contribution in [3.63, 3.8) is 0 Å². The third-order valence-electron chi connectivity index (χ3n) is 10.2. The van der Waals surface area contributed by atoms with E-state index in [1.807, 2.05) is 13.8 Å². The quantitative estimate of drug-likeness (QED) is 0.0252. The highest BCUT2D eigenvalue weighted by Crippen LogP contribution is 2.47. The van der Waals surface area contributed by atoms with Crippen molar-refractivity contribution in [2.75, 3.05) is 27.4 Å². The highest BCUT2D eigenvalue weighted by molar-refractivity contribution is 7.52. The lowest BCUT2D eigenvalue weighted by Crippen LogP contribution is -2.36. The minimum absolute atomic E-state index is 0.0958. The van der Waals surface area contributed by atoms with E-state index in [0.29, 0.717) is 5.56 Å². The molecule has 0 aliphatic carbocycles. The van der Waals surface area contributed by atoms with E-state index in [9.17, 15) is 37.9 Å². The number of nitrogens with one attached hydrogen (secondary N) is 4. The Labute approximate surface area is 393 Å². The zero-order valence-corrected chi connectivity index (χ0v) is 40.5. The molecule has 0 amide bonds. The fourth-order valence-corrected chi connectivity index (χ4v) is 9.48. The average Bonchev–Trinajstić information content (AvgIpc) is 3.96. The number of hydrogen-bond acceptors (Lipinski definition) is 17. The minimum atomic E-state index is -4.17. The molecule has 2 aromatic carbocycles. The summed E-state index contributed by atoms with van der Waals surface area (Å²) in [5.41, 5.74) is 9.24. The van der Waals surface area contributed by atoms with E-state index < -0.39 is 92.7 Å². The normalized spacial score (nSPS) is 21.0. The molecule has 372 valence electrons. The van der Waals surface area contributed by atoms with Crippen LogP contribution in [-0.4, -0.2) is 88.8 Å². The summed E-state index contributed by atoms with van der Waals surface area (Å²) >= 11 is 0. The van der Waals surface area contributed by atoms with Gasteiger partial charge in [-0.1, -0.05) is 46.6 Å². The van der Waals surface area contributed by atoms with Gasteiger partial charge in [0, 0.05) is 34.9 Å². The SMILES string of the molecule is COC(=O)C(C)NP(=O)(OC[C@@H]1C=C[C@H](n2cc(C)c(=O)[nH]c2=O)O1)Oc1ccc(C)cc1.COC(=O)C(C)NP(=O)(OC[C@H]1O[C@@H](n2cc(C)c(=O)[nH]c2=O)CC1N=[N+]=[N-])Oc1ccc(C)cc1. The number of benzene rings is 2. The predicted molar refractivity (Wildman–Crippen MR) is 247 cm³/mol. The van der Waals surface area contributed by atoms with Gasteiger partial charge in [-0.15, -0.1) is 0 Å². The standard InChI is InChI=1S/C21H27N6O8P.C21H26N3O8P/c1-12-5-7-15(8-6-12)35-36(31,25-14(3)20(29)32-4)33-11-17-16(24-26-22)9-18(34-17)27-10-13(2)19(28)23-21(27)30;1-13-5-7-16(8-6-13)32-33(28,23-15(3)20(26)29-4)30-12-17-9-10-18(31-17)24-11-14(2)19(25)22-21(24)27/h5-8,10,14,16-18H,9,11H2,1-4H3,(H,25,31)(H,23,28,30);5-11,15,17-18H,12H2,1-4H3,(H,23,28)(H,22,25,27)/t14?,16?,17-,18-,36?;15?,17-,18+,33?/m10/s1. The molecule has 2 aliphatic rings. The van der Waals surface area contributed by atoms with Crippen molar-refractivity contribution in [2.24, 2.45) is 5.11 Å². The molecule has 5 unspecified atom stereocenters. The fourth-order valence-electron chi connectivity index (χ4n) is 6.47. The van der Waals surface area contributed by atoms with Gasteiger partial charge in [-0.2, -0.15) is 10.2 Å². The maximum Gasteiger partial charge on any atom is 0.459 e. The van der Waals surface area contributed by atoms with Gasteiger partial charge in [-0.3, -0.25) is 47.3 Å². The molecule has 2 aliphatic heterocycles. The van der Waals surface area contributed by atoms with Crippen LogP contribution in [0.4, 0.5) is 0 Å². The Morgan fingerprint density at radius 1 is 0.754 bits per heavy atom. The molecule has 6 rings (SSSR count). The van der Waals surface area contributed by atoms with Crippen LogP contribution in [0.1, 0.15) is 55.0 Å². The van der Waals surface area contributed by atoms with E-state index in [1.165, 1.54) is 56.5 Å². The average molecular weight is 1000 g/mol. The van der Waals surface area contributed by atoms with Crippen molar-refractivity contribution in [2.45, 2.75) is 90.8 Å². The first-order valence-corrected chi connectivity index (χ1v) is 24.1. The maximum atomic E-state index is 13.6.